The first-order chi connectivity index (χ1) is 8.77. The Morgan fingerprint density at radius 3 is 2.26 bits per heavy atom. The average Bonchev–Trinajstić information content (AvgIpc) is 2.35. The van der Waals surface area contributed by atoms with Gasteiger partial charge in [-0.2, -0.15) is 0 Å². The fourth-order valence-corrected chi connectivity index (χ4v) is 3.13. The van der Waals surface area contributed by atoms with Crippen molar-refractivity contribution < 1.29 is 12.8 Å². The van der Waals surface area contributed by atoms with E-state index in [4.69, 9.17) is 5.73 Å². The first-order valence-corrected chi connectivity index (χ1v) is 8.10. The Morgan fingerprint density at radius 1 is 1.16 bits per heavy atom. The van der Waals surface area contributed by atoms with E-state index in [2.05, 4.69) is 13.8 Å². The van der Waals surface area contributed by atoms with Crippen LogP contribution in [0.3, 0.4) is 0 Å². The quantitative estimate of drug-likeness (QED) is 0.619. The van der Waals surface area contributed by atoms with Crippen LogP contribution in [0, 0.1) is 11.2 Å². The molecule has 1 rings (SSSR count). The molecular formula is C14H22FNO2S. The number of sulfone groups is 1. The molecular weight excluding hydrogens is 265 g/mol. The van der Waals surface area contributed by atoms with Crippen LogP contribution < -0.4 is 5.73 Å². The molecule has 3 nitrogen and oxygen atoms in total. The highest BCUT2D eigenvalue weighted by Gasteiger charge is 2.17. The second-order valence-corrected chi connectivity index (χ2v) is 7.71. The van der Waals surface area contributed by atoms with Gasteiger partial charge in [0.1, 0.15) is 5.82 Å². The van der Waals surface area contributed by atoms with Gasteiger partial charge < -0.3 is 5.73 Å². The molecule has 0 saturated heterocycles. The van der Waals surface area contributed by atoms with E-state index in [0.717, 1.165) is 12.8 Å². The maximum absolute atomic E-state index is 12.7. The van der Waals surface area contributed by atoms with Gasteiger partial charge in [-0.1, -0.05) is 20.3 Å². The molecule has 0 amide bonds. The molecule has 108 valence electrons. The number of nitrogens with two attached hydrogens (primary N) is 1. The normalized spacial score (nSPS) is 12.6. The van der Waals surface area contributed by atoms with E-state index in [1.165, 1.54) is 24.3 Å². The zero-order valence-electron chi connectivity index (χ0n) is 11.5. The molecule has 0 saturated carbocycles. The summed E-state index contributed by atoms with van der Waals surface area (Å²) in [5.74, 6) is -0.331. The third-order valence-corrected chi connectivity index (χ3v) is 5.06. The molecule has 5 heteroatoms. The first-order valence-electron chi connectivity index (χ1n) is 6.45. The maximum atomic E-state index is 12.7. The van der Waals surface area contributed by atoms with Crippen molar-refractivity contribution in [3.8, 4) is 0 Å². The van der Waals surface area contributed by atoms with Crippen LogP contribution in [-0.4, -0.2) is 20.7 Å². The number of rotatable bonds is 7. The summed E-state index contributed by atoms with van der Waals surface area (Å²) in [6.45, 7) is 4.74. The molecule has 0 radical (unpaired) electrons. The van der Waals surface area contributed by atoms with E-state index in [9.17, 15) is 12.8 Å². The van der Waals surface area contributed by atoms with Gasteiger partial charge in [0.05, 0.1) is 10.6 Å². The lowest BCUT2D eigenvalue weighted by Crippen LogP contribution is -2.23. The molecule has 0 fully saturated rings. The van der Waals surface area contributed by atoms with Gasteiger partial charge in [0, 0.05) is 0 Å². The molecule has 0 spiro atoms. The Kier molecular flexibility index (Phi) is 5.50. The predicted octanol–water partition coefficient (Wildman–Crippen LogP) is 2.75. The number of unbranched alkanes of at least 4 members (excludes halogenated alkanes) is 1. The van der Waals surface area contributed by atoms with Crippen LogP contribution in [-0.2, 0) is 9.84 Å². The molecule has 0 heterocycles. The summed E-state index contributed by atoms with van der Waals surface area (Å²) in [4.78, 5) is 0.187. The smallest absolute Gasteiger partial charge is 0.178 e. The Morgan fingerprint density at radius 2 is 1.74 bits per heavy atom. The molecule has 0 atom stereocenters. The van der Waals surface area contributed by atoms with E-state index in [1.54, 1.807) is 0 Å². The highest BCUT2D eigenvalue weighted by molar-refractivity contribution is 7.91. The standard InChI is InChI=1S/C14H22FNO2S/c1-14(2,11-16)9-3-4-10-19(17,18)13-7-5-12(15)6-8-13/h5-8H,3-4,9-11,16H2,1-2H3. The number of halogens is 1. The van der Waals surface area contributed by atoms with Crippen molar-refractivity contribution >= 4 is 9.84 Å². The molecule has 2 N–H and O–H groups in total. The van der Waals surface area contributed by atoms with Crippen LogP contribution in [0.2, 0.25) is 0 Å². The minimum absolute atomic E-state index is 0.0552. The van der Waals surface area contributed by atoms with Crippen LogP contribution in [0.4, 0.5) is 4.39 Å². The minimum Gasteiger partial charge on any atom is -0.330 e. The monoisotopic (exact) mass is 287 g/mol. The maximum Gasteiger partial charge on any atom is 0.178 e. The van der Waals surface area contributed by atoms with Crippen molar-refractivity contribution in [3.63, 3.8) is 0 Å². The summed E-state index contributed by atoms with van der Waals surface area (Å²) in [6, 6.07) is 4.97. The van der Waals surface area contributed by atoms with Gasteiger partial charge in [0.2, 0.25) is 0 Å². The topological polar surface area (TPSA) is 60.2 Å². The van der Waals surface area contributed by atoms with Crippen molar-refractivity contribution in [1.29, 1.82) is 0 Å². The fraction of sp³-hybridized carbons (Fsp3) is 0.571. The van der Waals surface area contributed by atoms with E-state index < -0.39 is 15.7 Å². The fourth-order valence-electron chi connectivity index (χ4n) is 1.76. The summed E-state index contributed by atoms with van der Waals surface area (Å²) in [7, 11) is -3.30. The lowest BCUT2D eigenvalue weighted by Gasteiger charge is -2.21. The van der Waals surface area contributed by atoms with Gasteiger partial charge >= 0.3 is 0 Å². The minimum atomic E-state index is -3.30. The third kappa shape index (κ3) is 5.28. The molecule has 1 aromatic carbocycles. The summed E-state index contributed by atoms with van der Waals surface area (Å²) < 4.78 is 36.7. The van der Waals surface area contributed by atoms with Crippen molar-refractivity contribution in [2.24, 2.45) is 11.1 Å². The van der Waals surface area contributed by atoms with Gasteiger partial charge in [-0.05, 0) is 49.1 Å². The van der Waals surface area contributed by atoms with Gasteiger partial charge in [0.15, 0.2) is 9.84 Å². The summed E-state index contributed by atoms with van der Waals surface area (Å²) in [5.41, 5.74) is 5.68. The van der Waals surface area contributed by atoms with Gasteiger partial charge in [-0.25, -0.2) is 12.8 Å². The third-order valence-electron chi connectivity index (χ3n) is 3.24. The molecule has 0 aliphatic carbocycles. The average molecular weight is 287 g/mol. The molecule has 0 bridgehead atoms. The largest absolute Gasteiger partial charge is 0.330 e. The molecule has 0 aliphatic heterocycles. The Hall–Kier alpha value is -0.940. The second-order valence-electron chi connectivity index (χ2n) is 5.60. The number of benzene rings is 1. The van der Waals surface area contributed by atoms with Gasteiger partial charge in [0.25, 0.3) is 0 Å². The lowest BCUT2D eigenvalue weighted by molar-refractivity contribution is 0.335. The Balaban J connectivity index is 2.50. The van der Waals surface area contributed by atoms with Crippen molar-refractivity contribution in [2.45, 2.75) is 38.0 Å². The highest BCUT2D eigenvalue weighted by atomic mass is 32.2. The second kappa shape index (κ2) is 6.48. The Labute approximate surface area is 114 Å². The molecule has 19 heavy (non-hydrogen) atoms. The molecule has 0 unspecified atom stereocenters. The number of hydrogen-bond donors (Lipinski definition) is 1. The van der Waals surface area contributed by atoms with Crippen LogP contribution in [0.5, 0.6) is 0 Å². The zero-order chi connectivity index (χ0) is 14.5. The van der Waals surface area contributed by atoms with E-state index >= 15 is 0 Å². The lowest BCUT2D eigenvalue weighted by atomic mass is 9.88. The molecule has 1 aromatic rings. The van der Waals surface area contributed by atoms with Crippen LogP contribution >= 0.6 is 0 Å². The Bertz CT molecular complexity index is 495. The van der Waals surface area contributed by atoms with Gasteiger partial charge in [-0.3, -0.25) is 0 Å². The molecule has 0 aromatic heterocycles. The van der Waals surface area contributed by atoms with E-state index in [1.807, 2.05) is 0 Å². The molecule has 0 aliphatic rings. The van der Waals surface area contributed by atoms with Crippen molar-refractivity contribution in [3.05, 3.63) is 30.1 Å². The van der Waals surface area contributed by atoms with Crippen LogP contribution in [0.25, 0.3) is 0 Å². The summed E-state index contributed by atoms with van der Waals surface area (Å²) in [5, 5.41) is 0. The van der Waals surface area contributed by atoms with Crippen LogP contribution in [0.1, 0.15) is 33.1 Å². The van der Waals surface area contributed by atoms with Crippen LogP contribution in [0.15, 0.2) is 29.2 Å². The zero-order valence-corrected chi connectivity index (χ0v) is 12.3. The van der Waals surface area contributed by atoms with E-state index in [0.29, 0.717) is 13.0 Å². The summed E-state index contributed by atoms with van der Waals surface area (Å²) >= 11 is 0. The summed E-state index contributed by atoms with van der Waals surface area (Å²) in [6.07, 6.45) is 2.33. The number of hydrogen-bond acceptors (Lipinski definition) is 3. The van der Waals surface area contributed by atoms with E-state index in [-0.39, 0.29) is 16.1 Å². The highest BCUT2D eigenvalue weighted by Crippen LogP contribution is 2.22. The SMILES string of the molecule is CC(C)(CN)CCCCS(=O)(=O)c1ccc(F)cc1. The predicted molar refractivity (Wildman–Crippen MR) is 75.1 cm³/mol. The first kappa shape index (κ1) is 16.1. The van der Waals surface area contributed by atoms with Gasteiger partial charge in [-0.15, -0.1) is 0 Å². The van der Waals surface area contributed by atoms with Crippen molar-refractivity contribution in [1.82, 2.24) is 0 Å². The van der Waals surface area contributed by atoms with Crippen molar-refractivity contribution in [2.75, 3.05) is 12.3 Å².